The molecule has 4 heteroatoms. The highest BCUT2D eigenvalue weighted by molar-refractivity contribution is 6.12. The van der Waals surface area contributed by atoms with E-state index in [9.17, 15) is 9.90 Å². The number of halogens is 1. The summed E-state index contributed by atoms with van der Waals surface area (Å²) in [5, 5.41) is 9.44. The van der Waals surface area contributed by atoms with Crippen molar-refractivity contribution in [3.8, 4) is 0 Å². The summed E-state index contributed by atoms with van der Waals surface area (Å²) in [6.07, 6.45) is 1.42. The molecule has 22 heavy (non-hydrogen) atoms. The summed E-state index contributed by atoms with van der Waals surface area (Å²) in [7, 11) is 0. The van der Waals surface area contributed by atoms with Crippen molar-refractivity contribution in [2.75, 3.05) is 0 Å². The first kappa shape index (κ1) is 16.4. The van der Waals surface area contributed by atoms with E-state index in [2.05, 4.69) is 41.4 Å². The van der Waals surface area contributed by atoms with Crippen LogP contribution >= 0.6 is 0 Å². The molecule has 2 aromatic carbocycles. The minimum atomic E-state index is -0.199. The van der Waals surface area contributed by atoms with Crippen LogP contribution in [-0.4, -0.2) is 17.1 Å². The molecule has 0 heterocycles. The van der Waals surface area contributed by atoms with E-state index in [1.807, 2.05) is 18.2 Å². The van der Waals surface area contributed by atoms with E-state index in [0.29, 0.717) is 0 Å². The maximum Gasteiger partial charge on any atom is 0.357 e. The van der Waals surface area contributed by atoms with Crippen LogP contribution in [0.3, 0.4) is 0 Å². The van der Waals surface area contributed by atoms with Gasteiger partial charge >= 0.3 is 21.2 Å². The number of Topliss-reactive ketones (excluding diaryl/α,β-unsaturated/α-hetero) is 1. The maximum atomic E-state index is 11.4. The molecule has 0 aliphatic heterocycles. The summed E-state index contributed by atoms with van der Waals surface area (Å²) in [5.41, 5.74) is 1.00. The van der Waals surface area contributed by atoms with Crippen LogP contribution in [0.2, 0.25) is 0 Å². The van der Waals surface area contributed by atoms with Crippen LogP contribution in [0.5, 0.6) is 0 Å². The van der Waals surface area contributed by atoms with Crippen LogP contribution in [-0.2, 0) is 4.79 Å². The highest BCUT2D eigenvalue weighted by atomic mass is 127. The number of aliphatic imine (C=N–C) groups is 1. The van der Waals surface area contributed by atoms with Gasteiger partial charge in [0.15, 0.2) is 12.9 Å². The molecular weight excluding hydrogens is 389 g/mol. The zero-order valence-corrected chi connectivity index (χ0v) is 14.6. The van der Waals surface area contributed by atoms with Crippen LogP contribution in [0.4, 0.5) is 5.69 Å². The predicted octanol–water partition coefficient (Wildman–Crippen LogP) is 0.938. The third-order valence-electron chi connectivity index (χ3n) is 2.89. The Kier molecular flexibility index (Phi) is 5.89. The van der Waals surface area contributed by atoms with Gasteiger partial charge in [0.25, 0.3) is 0 Å². The molecular formula is C18H17INO2+. The normalized spacial score (nSPS) is 12.3. The molecule has 112 valence electrons. The van der Waals surface area contributed by atoms with Crippen molar-refractivity contribution in [3.05, 3.63) is 73.1 Å². The number of carbonyl (C=O) groups excluding carboxylic acids is 1. The van der Waals surface area contributed by atoms with Gasteiger partial charge in [-0.05, 0) is 50.2 Å². The Morgan fingerprint density at radius 2 is 1.59 bits per heavy atom. The third-order valence-corrected chi connectivity index (χ3v) is 5.57. The molecule has 0 radical (unpaired) electrons. The van der Waals surface area contributed by atoms with Crippen molar-refractivity contribution in [1.82, 2.24) is 0 Å². The number of aliphatic hydroxyl groups is 1. The number of carbonyl (C=O) groups is 1. The first-order chi connectivity index (χ1) is 10.6. The predicted molar refractivity (Wildman–Crippen MR) is 84.4 cm³/mol. The Morgan fingerprint density at radius 1 is 1.00 bits per heavy atom. The van der Waals surface area contributed by atoms with Gasteiger partial charge in [0.2, 0.25) is 0 Å². The van der Waals surface area contributed by atoms with Gasteiger partial charge in [-0.15, -0.1) is 0 Å². The maximum absolute atomic E-state index is 11.4. The van der Waals surface area contributed by atoms with Gasteiger partial charge in [-0.2, -0.15) is 0 Å². The molecule has 0 unspecified atom stereocenters. The summed E-state index contributed by atoms with van der Waals surface area (Å²) in [4.78, 5) is 15.6. The van der Waals surface area contributed by atoms with E-state index in [1.165, 1.54) is 27.2 Å². The molecule has 0 aromatic heterocycles. The fourth-order valence-corrected chi connectivity index (χ4v) is 3.99. The largest absolute Gasteiger partial charge is 0.512 e. The lowest BCUT2D eigenvalue weighted by molar-refractivity contribution is -0.597. The fourth-order valence-electron chi connectivity index (χ4n) is 1.77. The molecule has 0 aliphatic rings. The SMILES string of the molecule is CC(=O)/C(C=Nc1ccc([I+]c2ccccc2)cc1)=C(\C)O. The van der Waals surface area contributed by atoms with E-state index < -0.39 is 0 Å². The molecule has 0 bridgehead atoms. The van der Waals surface area contributed by atoms with Crippen molar-refractivity contribution < 1.29 is 31.1 Å². The summed E-state index contributed by atoms with van der Waals surface area (Å²) >= 11 is -0.183. The van der Waals surface area contributed by atoms with E-state index in [1.54, 1.807) is 0 Å². The van der Waals surface area contributed by atoms with Gasteiger partial charge in [-0.3, -0.25) is 9.79 Å². The Labute approximate surface area is 140 Å². The summed E-state index contributed by atoms with van der Waals surface area (Å²) < 4.78 is 2.68. The second-order valence-electron chi connectivity index (χ2n) is 4.68. The van der Waals surface area contributed by atoms with Crippen molar-refractivity contribution >= 4 is 17.7 Å². The number of aliphatic hydroxyl groups excluding tert-OH is 1. The molecule has 3 nitrogen and oxygen atoms in total. The molecule has 1 N–H and O–H groups in total. The number of rotatable bonds is 5. The van der Waals surface area contributed by atoms with Crippen molar-refractivity contribution in [2.24, 2.45) is 4.99 Å². The van der Waals surface area contributed by atoms with E-state index >= 15 is 0 Å². The number of nitrogens with zero attached hydrogens (tertiary/aromatic N) is 1. The van der Waals surface area contributed by atoms with E-state index in [4.69, 9.17) is 0 Å². The quantitative estimate of drug-likeness (QED) is 0.348. The average molecular weight is 406 g/mol. The monoisotopic (exact) mass is 406 g/mol. The summed E-state index contributed by atoms with van der Waals surface area (Å²) in [6, 6.07) is 18.4. The standard InChI is InChI=1S/C18H16INO2/c1-13(21)18(14(2)22)12-20-17-10-8-16(9-11-17)19-15-6-4-3-5-7-15/h3-12H,1-2H3/p+1. The zero-order valence-electron chi connectivity index (χ0n) is 12.5. The topological polar surface area (TPSA) is 49.7 Å². The summed E-state index contributed by atoms with van der Waals surface area (Å²) in [5.74, 6) is -0.210. The van der Waals surface area contributed by atoms with Crippen molar-refractivity contribution in [1.29, 1.82) is 0 Å². The Bertz CT molecular complexity index is 700. The molecule has 0 saturated carbocycles. The second kappa shape index (κ2) is 7.89. The first-order valence-electron chi connectivity index (χ1n) is 6.81. The molecule has 2 aromatic rings. The van der Waals surface area contributed by atoms with Crippen molar-refractivity contribution in [2.45, 2.75) is 13.8 Å². The van der Waals surface area contributed by atoms with Crippen molar-refractivity contribution in [3.63, 3.8) is 0 Å². The number of benzene rings is 2. The van der Waals surface area contributed by atoms with Crippen LogP contribution in [0, 0.1) is 7.14 Å². The fraction of sp³-hybridized carbons (Fsp3) is 0.111. The minimum absolute atomic E-state index is 0.0113. The minimum Gasteiger partial charge on any atom is -0.512 e. The lowest BCUT2D eigenvalue weighted by Crippen LogP contribution is -3.61. The number of ketones is 1. The lowest BCUT2D eigenvalue weighted by atomic mass is 10.2. The van der Waals surface area contributed by atoms with Crippen LogP contribution < -0.4 is 21.2 Å². The molecule has 0 spiro atoms. The van der Waals surface area contributed by atoms with Gasteiger partial charge in [-0.1, -0.05) is 18.2 Å². The number of hydrogen-bond acceptors (Lipinski definition) is 3. The van der Waals surface area contributed by atoms with Gasteiger partial charge < -0.3 is 5.11 Å². The van der Waals surface area contributed by atoms with Crippen LogP contribution in [0.25, 0.3) is 0 Å². The number of allylic oxidation sites excluding steroid dienone is 2. The average Bonchev–Trinajstić information content (AvgIpc) is 2.49. The number of hydrogen-bond donors (Lipinski definition) is 1. The Hall–Kier alpha value is -1.95. The second-order valence-corrected chi connectivity index (χ2v) is 7.71. The smallest absolute Gasteiger partial charge is 0.357 e. The van der Waals surface area contributed by atoms with E-state index in [-0.39, 0.29) is 38.3 Å². The molecule has 0 atom stereocenters. The third kappa shape index (κ3) is 4.80. The van der Waals surface area contributed by atoms with Crippen LogP contribution in [0.1, 0.15) is 13.8 Å². The highest BCUT2D eigenvalue weighted by Gasteiger charge is 2.14. The molecule has 0 fully saturated rings. The zero-order chi connectivity index (χ0) is 15.9. The molecule has 0 saturated heterocycles. The van der Waals surface area contributed by atoms with Gasteiger partial charge in [0, 0.05) is 6.21 Å². The Balaban J connectivity index is 2.09. The summed E-state index contributed by atoms with van der Waals surface area (Å²) in [6.45, 7) is 2.89. The van der Waals surface area contributed by atoms with Gasteiger partial charge in [-0.25, -0.2) is 0 Å². The lowest BCUT2D eigenvalue weighted by Gasteiger charge is -1.97. The Morgan fingerprint density at radius 3 is 2.14 bits per heavy atom. The molecule has 0 amide bonds. The molecule has 0 aliphatic carbocycles. The first-order valence-corrected chi connectivity index (χ1v) is 8.97. The van der Waals surface area contributed by atoms with Gasteiger partial charge in [0.05, 0.1) is 11.3 Å². The van der Waals surface area contributed by atoms with E-state index in [0.717, 1.165) is 5.69 Å². The molecule has 2 rings (SSSR count). The van der Waals surface area contributed by atoms with Gasteiger partial charge in [0.1, 0.15) is 5.76 Å². The highest BCUT2D eigenvalue weighted by Crippen LogP contribution is 2.10. The van der Waals surface area contributed by atoms with Crippen LogP contribution in [0.15, 0.2) is 70.9 Å².